The highest BCUT2D eigenvalue weighted by molar-refractivity contribution is 6.02. The van der Waals surface area contributed by atoms with Crippen LogP contribution in [0.2, 0.25) is 0 Å². The normalized spacial score (nSPS) is 19.2. The van der Waals surface area contributed by atoms with E-state index in [2.05, 4.69) is 11.4 Å². The zero-order valence-corrected chi connectivity index (χ0v) is 18.1. The molecule has 2 aliphatic rings. The lowest BCUT2D eigenvalue weighted by Gasteiger charge is -2.45. The number of carbonyl (C=O) groups is 2. The van der Waals surface area contributed by atoms with Crippen molar-refractivity contribution in [2.24, 2.45) is 0 Å². The van der Waals surface area contributed by atoms with E-state index in [4.69, 9.17) is 14.2 Å². The Bertz CT molecular complexity index is 990. The number of carbonyl (C=O) groups excluding carboxylic acids is 2. The van der Waals surface area contributed by atoms with Gasteiger partial charge in [-0.3, -0.25) is 9.59 Å². The summed E-state index contributed by atoms with van der Waals surface area (Å²) in [5.74, 6) is 0.243. The van der Waals surface area contributed by atoms with Crippen LogP contribution in [0.1, 0.15) is 45.4 Å². The van der Waals surface area contributed by atoms with Crippen molar-refractivity contribution < 1.29 is 23.8 Å². The van der Waals surface area contributed by atoms with Crippen molar-refractivity contribution in [3.05, 3.63) is 58.7 Å². The Balaban J connectivity index is 1.82. The molecule has 7 heteroatoms. The van der Waals surface area contributed by atoms with Crippen LogP contribution in [0.5, 0.6) is 11.5 Å². The molecule has 0 bridgehead atoms. The first-order chi connectivity index (χ1) is 15.1. The van der Waals surface area contributed by atoms with Gasteiger partial charge in [-0.05, 0) is 41.7 Å². The fraction of sp³-hybridized carbons (Fsp3) is 0.417. The second kappa shape index (κ2) is 8.98. The first kappa shape index (κ1) is 21.2. The lowest BCUT2D eigenvalue weighted by Crippen LogP contribution is -2.50. The number of nitrogens with one attached hydrogen (secondary N) is 1. The van der Waals surface area contributed by atoms with Crippen molar-refractivity contribution in [3.63, 3.8) is 0 Å². The molecule has 2 heterocycles. The molecule has 0 unspecified atom stereocenters. The van der Waals surface area contributed by atoms with Crippen LogP contribution in [0, 0.1) is 0 Å². The molecule has 7 nitrogen and oxygen atoms in total. The maximum Gasteiger partial charge on any atom is 0.254 e. The van der Waals surface area contributed by atoms with Crippen molar-refractivity contribution in [2.45, 2.75) is 24.8 Å². The Hall–Kier alpha value is -3.06. The summed E-state index contributed by atoms with van der Waals surface area (Å²) in [7, 11) is 4.73. The maximum atomic E-state index is 13.5. The summed E-state index contributed by atoms with van der Waals surface area (Å²) in [6.07, 6.45) is 1.49. The number of hydrogen-bond acceptors (Lipinski definition) is 5. The Labute approximate surface area is 182 Å². The predicted octanol–water partition coefficient (Wildman–Crippen LogP) is 2.69. The van der Waals surface area contributed by atoms with Gasteiger partial charge < -0.3 is 24.4 Å². The minimum absolute atomic E-state index is 0.0844. The van der Waals surface area contributed by atoms with Crippen LogP contribution in [-0.4, -0.2) is 57.7 Å². The molecule has 1 N–H and O–H groups in total. The van der Waals surface area contributed by atoms with Gasteiger partial charge in [0.05, 0.1) is 26.2 Å². The Morgan fingerprint density at radius 2 is 1.84 bits per heavy atom. The van der Waals surface area contributed by atoms with E-state index in [-0.39, 0.29) is 17.9 Å². The van der Waals surface area contributed by atoms with Crippen LogP contribution in [0.3, 0.4) is 0 Å². The van der Waals surface area contributed by atoms with Gasteiger partial charge in [-0.2, -0.15) is 0 Å². The summed E-state index contributed by atoms with van der Waals surface area (Å²) < 4.78 is 16.0. The largest absolute Gasteiger partial charge is 0.493 e. The number of hydrogen-bond donors (Lipinski definition) is 1. The summed E-state index contributed by atoms with van der Waals surface area (Å²) in [4.78, 5) is 28.8. The molecular weight excluding hydrogens is 396 g/mol. The summed E-state index contributed by atoms with van der Waals surface area (Å²) in [6, 6.07) is 11.2. The predicted molar refractivity (Wildman–Crippen MR) is 116 cm³/mol. The first-order valence-corrected chi connectivity index (χ1v) is 10.5. The van der Waals surface area contributed by atoms with Gasteiger partial charge >= 0.3 is 0 Å². The van der Waals surface area contributed by atoms with Crippen LogP contribution in [0.25, 0.3) is 0 Å². The minimum Gasteiger partial charge on any atom is -0.493 e. The zero-order valence-electron chi connectivity index (χ0n) is 18.1. The van der Waals surface area contributed by atoms with Gasteiger partial charge in [0.25, 0.3) is 5.91 Å². The summed E-state index contributed by atoms with van der Waals surface area (Å²) in [5.41, 5.74) is 3.37. The van der Waals surface area contributed by atoms with Gasteiger partial charge in [-0.15, -0.1) is 0 Å². The third-order valence-electron chi connectivity index (χ3n) is 6.14. The second-order valence-corrected chi connectivity index (χ2v) is 7.80. The third-order valence-corrected chi connectivity index (χ3v) is 6.14. The van der Waals surface area contributed by atoms with E-state index in [1.54, 1.807) is 26.4 Å². The average molecular weight is 424 g/mol. The molecule has 2 aromatic rings. The molecule has 0 radical (unpaired) electrons. The van der Waals surface area contributed by atoms with Crippen LogP contribution >= 0.6 is 0 Å². The van der Waals surface area contributed by atoms with Crippen molar-refractivity contribution in [1.82, 2.24) is 10.2 Å². The molecule has 2 atom stereocenters. The number of methoxy groups -OCH3 is 3. The Morgan fingerprint density at radius 1 is 1.10 bits per heavy atom. The molecule has 0 spiro atoms. The molecule has 0 fully saturated rings. The highest BCUT2D eigenvalue weighted by Gasteiger charge is 2.46. The standard InChI is InChI=1S/C24H28N2O5/c1-29-12-6-10-25-23(27)21-17-13-19(30-2)20(31-3)14-18(17)24(28)26-11-9-15-7-4-5-8-16(15)22(21)26/h4-5,7-8,13-14,21-22H,6,9-12H2,1-3H3,(H,25,27)/t21-,22-/m0/s1. The van der Waals surface area contributed by atoms with E-state index in [9.17, 15) is 9.59 Å². The van der Waals surface area contributed by atoms with Gasteiger partial charge in [-0.25, -0.2) is 0 Å². The van der Waals surface area contributed by atoms with Gasteiger partial charge in [0, 0.05) is 32.4 Å². The van der Waals surface area contributed by atoms with Crippen LogP contribution < -0.4 is 14.8 Å². The number of nitrogens with zero attached hydrogens (tertiary/aromatic N) is 1. The lowest BCUT2D eigenvalue weighted by molar-refractivity contribution is -0.124. The SMILES string of the molecule is COCCCNC(=O)[C@H]1c2cc(OC)c(OC)cc2C(=O)N2CCc3ccccc3[C@@H]12. The quantitative estimate of drug-likeness (QED) is 0.692. The first-order valence-electron chi connectivity index (χ1n) is 10.5. The van der Waals surface area contributed by atoms with E-state index in [1.165, 1.54) is 12.7 Å². The summed E-state index contributed by atoms with van der Waals surface area (Å²) in [5, 5.41) is 3.04. The number of ether oxygens (including phenoxy) is 3. The molecule has 164 valence electrons. The van der Waals surface area contributed by atoms with Crippen molar-refractivity contribution in [3.8, 4) is 11.5 Å². The minimum atomic E-state index is -0.545. The van der Waals surface area contributed by atoms with Crippen molar-refractivity contribution in [1.29, 1.82) is 0 Å². The third kappa shape index (κ3) is 3.74. The van der Waals surface area contributed by atoms with E-state index < -0.39 is 5.92 Å². The number of amides is 2. The van der Waals surface area contributed by atoms with Gasteiger partial charge in [-0.1, -0.05) is 24.3 Å². The van der Waals surface area contributed by atoms with Crippen molar-refractivity contribution >= 4 is 11.8 Å². The number of fused-ring (bicyclic) bond motifs is 4. The maximum absolute atomic E-state index is 13.5. The number of benzene rings is 2. The van der Waals surface area contributed by atoms with Gasteiger partial charge in [0.2, 0.25) is 5.91 Å². The topological polar surface area (TPSA) is 77.1 Å². The van der Waals surface area contributed by atoms with Gasteiger partial charge in [0.15, 0.2) is 11.5 Å². The van der Waals surface area contributed by atoms with Gasteiger partial charge in [0.1, 0.15) is 0 Å². The summed E-state index contributed by atoms with van der Waals surface area (Å²) >= 11 is 0. The van der Waals surface area contributed by atoms with Crippen LogP contribution in [0.15, 0.2) is 36.4 Å². The van der Waals surface area contributed by atoms with Crippen LogP contribution in [-0.2, 0) is 16.0 Å². The molecule has 0 saturated heterocycles. The molecule has 2 aliphatic heterocycles. The fourth-order valence-electron chi connectivity index (χ4n) is 4.67. The highest BCUT2D eigenvalue weighted by Crippen LogP contribution is 2.48. The van der Waals surface area contributed by atoms with E-state index >= 15 is 0 Å². The Morgan fingerprint density at radius 3 is 2.58 bits per heavy atom. The molecule has 2 aromatic carbocycles. The van der Waals surface area contributed by atoms with E-state index in [0.29, 0.717) is 42.3 Å². The molecule has 0 aromatic heterocycles. The molecule has 0 saturated carbocycles. The Kier molecular flexibility index (Phi) is 6.13. The molecule has 2 amide bonds. The molecule has 0 aliphatic carbocycles. The molecular formula is C24H28N2O5. The monoisotopic (exact) mass is 424 g/mol. The smallest absolute Gasteiger partial charge is 0.254 e. The zero-order chi connectivity index (χ0) is 22.0. The molecule has 31 heavy (non-hydrogen) atoms. The fourth-order valence-corrected chi connectivity index (χ4v) is 4.67. The average Bonchev–Trinajstić information content (AvgIpc) is 2.81. The van der Waals surface area contributed by atoms with E-state index in [0.717, 1.165) is 18.4 Å². The number of rotatable bonds is 7. The lowest BCUT2D eigenvalue weighted by atomic mass is 9.75. The van der Waals surface area contributed by atoms with Crippen molar-refractivity contribution in [2.75, 3.05) is 41.0 Å². The van der Waals surface area contributed by atoms with E-state index in [1.807, 2.05) is 23.1 Å². The second-order valence-electron chi connectivity index (χ2n) is 7.80. The molecule has 4 rings (SSSR count). The van der Waals surface area contributed by atoms with Crippen LogP contribution in [0.4, 0.5) is 0 Å². The highest BCUT2D eigenvalue weighted by atomic mass is 16.5. The summed E-state index contributed by atoms with van der Waals surface area (Å²) in [6.45, 7) is 1.65.